The maximum absolute atomic E-state index is 4.11. The van der Waals surface area contributed by atoms with Crippen LogP contribution in [0, 0.1) is 12.8 Å². The van der Waals surface area contributed by atoms with Crippen molar-refractivity contribution in [3.63, 3.8) is 0 Å². The molecule has 2 heteroatoms. The second-order valence-corrected chi connectivity index (χ2v) is 3.50. The molecule has 0 bridgehead atoms. The molecule has 0 saturated heterocycles. The van der Waals surface area contributed by atoms with Crippen LogP contribution in [-0.2, 0) is 0 Å². The van der Waals surface area contributed by atoms with Crippen LogP contribution in [0.25, 0.3) is 0 Å². The third-order valence-electron chi connectivity index (χ3n) is 1.58. The molecule has 0 aliphatic rings. The Kier molecular flexibility index (Phi) is 3.50. The summed E-state index contributed by atoms with van der Waals surface area (Å²) in [6.45, 7) is 6.26. The molecule has 1 aromatic rings. The van der Waals surface area contributed by atoms with Gasteiger partial charge in [0, 0.05) is 6.21 Å². The molecule has 0 unspecified atom stereocenters. The molecule has 70 valence electrons. The van der Waals surface area contributed by atoms with Crippen molar-refractivity contribution in [3.05, 3.63) is 29.8 Å². The van der Waals surface area contributed by atoms with Crippen LogP contribution in [0.3, 0.4) is 0 Å². The average Bonchev–Trinajstić information content (AvgIpc) is 2.03. The van der Waals surface area contributed by atoms with E-state index in [1.807, 2.05) is 18.3 Å². The first kappa shape index (κ1) is 9.78. The molecule has 0 aromatic heterocycles. The first-order valence-electron chi connectivity index (χ1n) is 4.54. The van der Waals surface area contributed by atoms with Gasteiger partial charge in [-0.3, -0.25) is 5.43 Å². The molecular formula is C11H16N2. The van der Waals surface area contributed by atoms with Gasteiger partial charge in [0.1, 0.15) is 0 Å². The van der Waals surface area contributed by atoms with E-state index in [1.165, 1.54) is 5.56 Å². The molecular weight excluding hydrogens is 160 g/mol. The lowest BCUT2D eigenvalue weighted by Crippen LogP contribution is -1.93. The van der Waals surface area contributed by atoms with Crippen molar-refractivity contribution in [2.45, 2.75) is 20.8 Å². The minimum Gasteiger partial charge on any atom is -0.279 e. The Morgan fingerprint density at radius 2 is 2.15 bits per heavy atom. The number of anilines is 1. The second-order valence-electron chi connectivity index (χ2n) is 3.50. The Hall–Kier alpha value is -1.31. The van der Waals surface area contributed by atoms with Gasteiger partial charge in [0.25, 0.3) is 0 Å². The SMILES string of the molecule is Cc1cccc(NN=CC(C)C)c1. The predicted octanol–water partition coefficient (Wildman–Crippen LogP) is 3.05. The Morgan fingerprint density at radius 1 is 1.38 bits per heavy atom. The van der Waals surface area contributed by atoms with Crippen LogP contribution >= 0.6 is 0 Å². The average molecular weight is 176 g/mol. The van der Waals surface area contributed by atoms with E-state index in [2.05, 4.69) is 43.4 Å². The lowest BCUT2D eigenvalue weighted by Gasteiger charge is -2.01. The molecule has 0 spiro atoms. The van der Waals surface area contributed by atoms with Crippen LogP contribution in [0.15, 0.2) is 29.4 Å². The fourth-order valence-corrected chi connectivity index (χ4v) is 0.975. The van der Waals surface area contributed by atoms with Gasteiger partial charge < -0.3 is 0 Å². The lowest BCUT2D eigenvalue weighted by molar-refractivity contribution is 0.904. The molecule has 0 radical (unpaired) electrons. The minimum atomic E-state index is 0.484. The third-order valence-corrected chi connectivity index (χ3v) is 1.58. The van der Waals surface area contributed by atoms with Crippen molar-refractivity contribution in [1.82, 2.24) is 0 Å². The normalized spacial score (nSPS) is 11.1. The molecule has 0 amide bonds. The summed E-state index contributed by atoms with van der Waals surface area (Å²) in [5.74, 6) is 0.484. The molecule has 0 fully saturated rings. The molecule has 0 atom stereocenters. The van der Waals surface area contributed by atoms with E-state index >= 15 is 0 Å². The second kappa shape index (κ2) is 4.65. The Morgan fingerprint density at radius 3 is 2.77 bits per heavy atom. The summed E-state index contributed by atoms with van der Waals surface area (Å²) >= 11 is 0. The van der Waals surface area contributed by atoms with Gasteiger partial charge in [-0.05, 0) is 30.5 Å². The van der Waals surface area contributed by atoms with E-state index in [0.717, 1.165) is 5.69 Å². The largest absolute Gasteiger partial charge is 0.279 e. The van der Waals surface area contributed by atoms with Crippen LogP contribution in [0.1, 0.15) is 19.4 Å². The monoisotopic (exact) mass is 176 g/mol. The molecule has 1 N–H and O–H groups in total. The number of nitrogens with one attached hydrogen (secondary N) is 1. The van der Waals surface area contributed by atoms with Crippen molar-refractivity contribution in [2.75, 3.05) is 5.43 Å². The van der Waals surface area contributed by atoms with Gasteiger partial charge in [-0.15, -0.1) is 0 Å². The highest BCUT2D eigenvalue weighted by molar-refractivity contribution is 5.61. The van der Waals surface area contributed by atoms with E-state index in [4.69, 9.17) is 0 Å². The van der Waals surface area contributed by atoms with E-state index < -0.39 is 0 Å². The quantitative estimate of drug-likeness (QED) is 0.555. The maximum Gasteiger partial charge on any atom is 0.0564 e. The summed E-state index contributed by atoms with van der Waals surface area (Å²) in [6, 6.07) is 8.15. The van der Waals surface area contributed by atoms with Crippen LogP contribution in [0.4, 0.5) is 5.69 Å². The highest BCUT2D eigenvalue weighted by atomic mass is 15.3. The van der Waals surface area contributed by atoms with E-state index in [-0.39, 0.29) is 0 Å². The first-order valence-corrected chi connectivity index (χ1v) is 4.54. The molecule has 0 heterocycles. The zero-order valence-electron chi connectivity index (χ0n) is 8.41. The molecule has 0 saturated carbocycles. The highest BCUT2D eigenvalue weighted by Crippen LogP contribution is 2.08. The first-order chi connectivity index (χ1) is 6.18. The maximum atomic E-state index is 4.11. The zero-order valence-corrected chi connectivity index (χ0v) is 8.41. The van der Waals surface area contributed by atoms with Crippen molar-refractivity contribution in [2.24, 2.45) is 11.0 Å². The smallest absolute Gasteiger partial charge is 0.0564 e. The number of nitrogens with zero attached hydrogens (tertiary/aromatic N) is 1. The summed E-state index contributed by atoms with van der Waals surface area (Å²) in [6.07, 6.45) is 1.89. The summed E-state index contributed by atoms with van der Waals surface area (Å²) in [5, 5.41) is 4.11. The van der Waals surface area contributed by atoms with Crippen molar-refractivity contribution >= 4 is 11.9 Å². The summed E-state index contributed by atoms with van der Waals surface area (Å²) < 4.78 is 0. The van der Waals surface area contributed by atoms with Crippen LogP contribution in [-0.4, -0.2) is 6.21 Å². The third kappa shape index (κ3) is 3.74. The standard InChI is InChI=1S/C11H16N2/c1-9(2)8-12-13-11-6-4-5-10(3)7-11/h4-9,13H,1-3H3. The van der Waals surface area contributed by atoms with E-state index in [0.29, 0.717) is 5.92 Å². The summed E-state index contributed by atoms with van der Waals surface area (Å²) in [5.41, 5.74) is 5.27. The lowest BCUT2D eigenvalue weighted by atomic mass is 10.2. The fraction of sp³-hybridized carbons (Fsp3) is 0.364. The van der Waals surface area contributed by atoms with Crippen molar-refractivity contribution < 1.29 is 0 Å². The van der Waals surface area contributed by atoms with Crippen LogP contribution < -0.4 is 5.43 Å². The Labute approximate surface area is 79.7 Å². The number of hydrazone groups is 1. The highest BCUT2D eigenvalue weighted by Gasteiger charge is 1.89. The van der Waals surface area contributed by atoms with Gasteiger partial charge in [-0.1, -0.05) is 26.0 Å². The van der Waals surface area contributed by atoms with Crippen LogP contribution in [0.5, 0.6) is 0 Å². The number of rotatable bonds is 3. The van der Waals surface area contributed by atoms with E-state index in [1.54, 1.807) is 0 Å². The molecule has 0 aliphatic carbocycles. The Balaban J connectivity index is 2.55. The number of benzene rings is 1. The zero-order chi connectivity index (χ0) is 9.68. The Bertz CT molecular complexity index is 290. The van der Waals surface area contributed by atoms with Gasteiger partial charge >= 0.3 is 0 Å². The van der Waals surface area contributed by atoms with Gasteiger partial charge in [-0.2, -0.15) is 5.10 Å². The minimum absolute atomic E-state index is 0.484. The van der Waals surface area contributed by atoms with Crippen molar-refractivity contribution in [3.8, 4) is 0 Å². The summed E-state index contributed by atoms with van der Waals surface area (Å²) in [4.78, 5) is 0. The van der Waals surface area contributed by atoms with Gasteiger partial charge in [-0.25, -0.2) is 0 Å². The van der Waals surface area contributed by atoms with Gasteiger partial charge in [0.15, 0.2) is 0 Å². The molecule has 1 rings (SSSR count). The van der Waals surface area contributed by atoms with E-state index in [9.17, 15) is 0 Å². The molecule has 0 aliphatic heterocycles. The predicted molar refractivity (Wildman–Crippen MR) is 58.1 cm³/mol. The summed E-state index contributed by atoms with van der Waals surface area (Å²) in [7, 11) is 0. The molecule has 1 aromatic carbocycles. The van der Waals surface area contributed by atoms with Crippen molar-refractivity contribution in [1.29, 1.82) is 0 Å². The molecule has 2 nitrogen and oxygen atoms in total. The van der Waals surface area contributed by atoms with Gasteiger partial charge in [0.05, 0.1) is 5.69 Å². The van der Waals surface area contributed by atoms with Gasteiger partial charge in [0.2, 0.25) is 0 Å². The molecule has 13 heavy (non-hydrogen) atoms. The number of hydrogen-bond acceptors (Lipinski definition) is 2. The number of aryl methyl sites for hydroxylation is 1. The topological polar surface area (TPSA) is 24.4 Å². The fourth-order valence-electron chi connectivity index (χ4n) is 0.975. The van der Waals surface area contributed by atoms with Crippen LogP contribution in [0.2, 0.25) is 0 Å². The number of hydrogen-bond donors (Lipinski definition) is 1.